The average molecular weight is 333 g/mol. The third-order valence-corrected chi connectivity index (χ3v) is 4.03. The first-order valence-electron chi connectivity index (χ1n) is 8.52. The van der Waals surface area contributed by atoms with Crippen molar-refractivity contribution >= 4 is 5.91 Å². The van der Waals surface area contributed by atoms with Gasteiger partial charge in [-0.15, -0.1) is 0 Å². The van der Waals surface area contributed by atoms with Crippen LogP contribution in [0, 0.1) is 0 Å². The molecule has 7 nitrogen and oxygen atoms in total. The Morgan fingerprint density at radius 1 is 1.13 bits per heavy atom. The highest BCUT2D eigenvalue weighted by Crippen LogP contribution is 2.22. The summed E-state index contributed by atoms with van der Waals surface area (Å²) in [4.78, 5) is 11.2. The fourth-order valence-electron chi connectivity index (χ4n) is 2.71. The smallest absolute Gasteiger partial charge is 0.217 e. The Morgan fingerprint density at radius 3 is 2.39 bits per heavy atom. The van der Waals surface area contributed by atoms with Crippen molar-refractivity contribution in [2.24, 2.45) is 0 Å². The van der Waals surface area contributed by atoms with Crippen molar-refractivity contribution < 1.29 is 29.6 Å². The molecule has 0 aromatic rings. The quantitative estimate of drug-likeness (QED) is 0.429. The predicted octanol–water partition coefficient (Wildman–Crippen LogP) is 0.307. The van der Waals surface area contributed by atoms with Gasteiger partial charge in [-0.3, -0.25) is 4.79 Å². The minimum absolute atomic E-state index is 0.374. The van der Waals surface area contributed by atoms with Gasteiger partial charge in [-0.05, 0) is 6.42 Å². The van der Waals surface area contributed by atoms with Crippen LogP contribution in [-0.4, -0.2) is 65.1 Å². The van der Waals surface area contributed by atoms with Crippen LogP contribution in [0.25, 0.3) is 0 Å². The summed E-state index contributed by atoms with van der Waals surface area (Å²) in [7, 11) is 0. The third kappa shape index (κ3) is 6.73. The Bertz CT molecular complexity index is 341. The number of unbranched alkanes of at least 4 members (excludes halogenated alkanes) is 5. The SMILES string of the molecule is CCCCCCCCO[C@@H]1O[C@H](CO)[C@H](O)[C@H](NC(C)=O)[C@H]1O. The number of amides is 1. The lowest BCUT2D eigenvalue weighted by molar-refractivity contribution is -0.279. The second kappa shape index (κ2) is 10.9. The lowest BCUT2D eigenvalue weighted by atomic mass is 9.96. The molecule has 136 valence electrons. The van der Waals surface area contributed by atoms with E-state index >= 15 is 0 Å². The Hall–Kier alpha value is -0.730. The summed E-state index contributed by atoms with van der Waals surface area (Å²) in [5.74, 6) is -0.374. The highest BCUT2D eigenvalue weighted by Gasteiger charge is 2.45. The number of aliphatic hydroxyl groups is 3. The number of ether oxygens (including phenoxy) is 2. The van der Waals surface area contributed by atoms with Crippen LogP contribution < -0.4 is 5.32 Å². The summed E-state index contributed by atoms with van der Waals surface area (Å²) in [5, 5.41) is 32.0. The van der Waals surface area contributed by atoms with E-state index in [1.165, 1.54) is 26.2 Å². The molecule has 0 aliphatic carbocycles. The van der Waals surface area contributed by atoms with Crippen molar-refractivity contribution in [2.45, 2.75) is 83.0 Å². The molecule has 1 rings (SSSR count). The number of rotatable bonds is 10. The summed E-state index contributed by atoms with van der Waals surface area (Å²) in [5.41, 5.74) is 0. The molecule has 1 amide bonds. The third-order valence-electron chi connectivity index (χ3n) is 4.03. The second-order valence-corrected chi connectivity index (χ2v) is 6.07. The molecular weight excluding hydrogens is 302 g/mol. The number of hydrogen-bond donors (Lipinski definition) is 4. The van der Waals surface area contributed by atoms with Crippen molar-refractivity contribution in [1.29, 1.82) is 0 Å². The van der Waals surface area contributed by atoms with E-state index in [9.17, 15) is 20.1 Å². The van der Waals surface area contributed by atoms with Gasteiger partial charge in [-0.2, -0.15) is 0 Å². The molecule has 0 aromatic heterocycles. The molecule has 0 spiro atoms. The summed E-state index contributed by atoms with van der Waals surface area (Å²) in [6, 6.07) is -0.923. The lowest BCUT2D eigenvalue weighted by Crippen LogP contribution is -2.64. The summed E-state index contributed by atoms with van der Waals surface area (Å²) in [6.45, 7) is 3.48. The van der Waals surface area contributed by atoms with E-state index in [0.29, 0.717) is 6.61 Å². The fraction of sp³-hybridized carbons (Fsp3) is 0.938. The summed E-state index contributed by atoms with van der Waals surface area (Å²) < 4.78 is 10.9. The molecule has 0 radical (unpaired) electrons. The zero-order valence-corrected chi connectivity index (χ0v) is 14.1. The monoisotopic (exact) mass is 333 g/mol. The Kier molecular flexibility index (Phi) is 9.66. The van der Waals surface area contributed by atoms with Crippen molar-refractivity contribution in [2.75, 3.05) is 13.2 Å². The van der Waals surface area contributed by atoms with Gasteiger partial charge in [0.25, 0.3) is 0 Å². The highest BCUT2D eigenvalue weighted by molar-refractivity contribution is 5.73. The highest BCUT2D eigenvalue weighted by atomic mass is 16.7. The molecule has 4 N–H and O–H groups in total. The normalized spacial score (nSPS) is 31.1. The minimum atomic E-state index is -1.19. The van der Waals surface area contributed by atoms with Crippen LogP contribution in [0.15, 0.2) is 0 Å². The van der Waals surface area contributed by atoms with Gasteiger partial charge in [-0.25, -0.2) is 0 Å². The van der Waals surface area contributed by atoms with E-state index in [0.717, 1.165) is 19.3 Å². The predicted molar refractivity (Wildman–Crippen MR) is 84.7 cm³/mol. The van der Waals surface area contributed by atoms with Crippen LogP contribution in [0.3, 0.4) is 0 Å². The maximum absolute atomic E-state index is 11.2. The molecule has 0 saturated carbocycles. The van der Waals surface area contributed by atoms with Gasteiger partial charge >= 0.3 is 0 Å². The zero-order valence-electron chi connectivity index (χ0n) is 14.1. The number of aliphatic hydroxyl groups excluding tert-OH is 3. The van der Waals surface area contributed by atoms with E-state index in [1.807, 2.05) is 0 Å². The first-order valence-corrected chi connectivity index (χ1v) is 8.52. The van der Waals surface area contributed by atoms with Crippen LogP contribution in [0.4, 0.5) is 0 Å². The Morgan fingerprint density at radius 2 is 1.78 bits per heavy atom. The van der Waals surface area contributed by atoms with E-state index in [4.69, 9.17) is 9.47 Å². The van der Waals surface area contributed by atoms with Crippen molar-refractivity contribution in [3.63, 3.8) is 0 Å². The van der Waals surface area contributed by atoms with E-state index < -0.39 is 37.3 Å². The molecule has 1 heterocycles. The number of carbonyl (C=O) groups excluding carboxylic acids is 1. The van der Waals surface area contributed by atoms with E-state index in [1.54, 1.807) is 0 Å². The maximum atomic E-state index is 11.2. The number of hydrogen-bond acceptors (Lipinski definition) is 6. The molecule has 1 saturated heterocycles. The van der Waals surface area contributed by atoms with E-state index in [2.05, 4.69) is 12.2 Å². The van der Waals surface area contributed by atoms with Gasteiger partial charge < -0.3 is 30.1 Å². The molecule has 1 aliphatic heterocycles. The molecule has 0 bridgehead atoms. The molecule has 0 aromatic carbocycles. The Labute approximate surface area is 138 Å². The molecule has 5 atom stereocenters. The van der Waals surface area contributed by atoms with Gasteiger partial charge in [0.2, 0.25) is 5.91 Å². The molecule has 7 heteroatoms. The molecule has 1 fully saturated rings. The summed E-state index contributed by atoms with van der Waals surface area (Å²) in [6.07, 6.45) is 2.46. The topological polar surface area (TPSA) is 108 Å². The summed E-state index contributed by atoms with van der Waals surface area (Å²) >= 11 is 0. The van der Waals surface area contributed by atoms with Crippen molar-refractivity contribution in [3.05, 3.63) is 0 Å². The van der Waals surface area contributed by atoms with Crippen molar-refractivity contribution in [3.8, 4) is 0 Å². The van der Waals surface area contributed by atoms with Crippen LogP contribution in [-0.2, 0) is 14.3 Å². The molecule has 0 unspecified atom stereocenters. The van der Waals surface area contributed by atoms with Gasteiger partial charge in [-0.1, -0.05) is 39.0 Å². The Balaban J connectivity index is 2.42. The number of carbonyl (C=O) groups is 1. The van der Waals surface area contributed by atoms with Crippen LogP contribution in [0.2, 0.25) is 0 Å². The molecule has 23 heavy (non-hydrogen) atoms. The van der Waals surface area contributed by atoms with Crippen molar-refractivity contribution in [1.82, 2.24) is 5.32 Å². The van der Waals surface area contributed by atoms with Gasteiger partial charge in [0, 0.05) is 13.5 Å². The molecule has 1 aliphatic rings. The minimum Gasteiger partial charge on any atom is -0.394 e. The number of nitrogens with one attached hydrogen (secondary N) is 1. The van der Waals surface area contributed by atoms with Crippen LogP contribution in [0.5, 0.6) is 0 Å². The maximum Gasteiger partial charge on any atom is 0.217 e. The van der Waals surface area contributed by atoms with Crippen LogP contribution in [0.1, 0.15) is 52.4 Å². The standard InChI is InChI=1S/C16H31NO6/c1-3-4-5-6-7-8-9-22-16-15(21)13(17-11(2)19)14(20)12(10-18)23-16/h12-16,18,20-21H,3-10H2,1-2H3,(H,17,19)/t12-,13+,14+,15-,16-/m1/s1. The molecular formula is C16H31NO6. The van der Waals surface area contributed by atoms with Crippen LogP contribution >= 0.6 is 0 Å². The largest absolute Gasteiger partial charge is 0.394 e. The zero-order chi connectivity index (χ0) is 17.2. The average Bonchev–Trinajstić information content (AvgIpc) is 2.52. The van der Waals surface area contributed by atoms with E-state index in [-0.39, 0.29) is 5.91 Å². The second-order valence-electron chi connectivity index (χ2n) is 6.07. The van der Waals surface area contributed by atoms with Gasteiger partial charge in [0.05, 0.1) is 12.6 Å². The first kappa shape index (κ1) is 20.3. The van der Waals surface area contributed by atoms with Gasteiger partial charge in [0.15, 0.2) is 6.29 Å². The van der Waals surface area contributed by atoms with Gasteiger partial charge in [0.1, 0.15) is 18.3 Å². The fourth-order valence-corrected chi connectivity index (χ4v) is 2.71. The first-order chi connectivity index (χ1) is 11.0. The lowest BCUT2D eigenvalue weighted by Gasteiger charge is -2.42.